The Morgan fingerprint density at radius 1 is 1.08 bits per heavy atom. The molecule has 0 unspecified atom stereocenters. The molecule has 200 valence electrons. The number of carbonyl (C=O) groups is 2. The molecule has 0 fully saturated rings. The zero-order valence-corrected chi connectivity index (χ0v) is 23.7. The third-order valence-corrected chi connectivity index (χ3v) is 8.76. The molecule has 0 saturated carbocycles. The van der Waals surface area contributed by atoms with Crippen molar-refractivity contribution in [2.45, 2.75) is 71.0 Å². The fourth-order valence-electron chi connectivity index (χ4n) is 4.64. The van der Waals surface area contributed by atoms with Crippen molar-refractivity contribution < 1.29 is 18.0 Å². The van der Waals surface area contributed by atoms with E-state index in [1.165, 1.54) is 4.31 Å². The fraction of sp³-hybridized carbons (Fsp3) is 0.429. The summed E-state index contributed by atoms with van der Waals surface area (Å²) in [5, 5.41) is 3.26. The monoisotopic (exact) mass is 545 g/mol. The molecular weight excluding hydrogens is 510 g/mol. The van der Waals surface area contributed by atoms with Crippen LogP contribution in [0.1, 0.15) is 58.2 Å². The summed E-state index contributed by atoms with van der Waals surface area (Å²) < 4.78 is 29.9. The van der Waals surface area contributed by atoms with Gasteiger partial charge in [-0.25, -0.2) is 8.42 Å². The van der Waals surface area contributed by atoms with Crippen molar-refractivity contribution in [2.75, 3.05) is 0 Å². The Morgan fingerprint density at radius 3 is 2.19 bits per heavy atom. The Kier molecular flexibility index (Phi) is 8.57. The highest BCUT2D eigenvalue weighted by Gasteiger charge is 2.50. The first kappa shape index (κ1) is 28.9. The van der Waals surface area contributed by atoms with E-state index in [4.69, 9.17) is 17.3 Å². The summed E-state index contributed by atoms with van der Waals surface area (Å²) in [4.78, 5) is 26.0. The number of nitrogens with two attached hydrogens (primary N) is 1. The highest BCUT2D eigenvalue weighted by molar-refractivity contribution is 7.89. The summed E-state index contributed by atoms with van der Waals surface area (Å²) >= 11 is 6.14. The summed E-state index contributed by atoms with van der Waals surface area (Å²) in [5.41, 5.74) is 6.48. The van der Waals surface area contributed by atoms with E-state index in [0.717, 1.165) is 0 Å². The van der Waals surface area contributed by atoms with Crippen molar-refractivity contribution in [1.29, 1.82) is 0 Å². The Hall–Kier alpha value is -2.68. The number of sulfonamides is 1. The quantitative estimate of drug-likeness (QED) is 0.498. The lowest BCUT2D eigenvalue weighted by Crippen LogP contribution is -2.47. The van der Waals surface area contributed by atoms with Crippen molar-refractivity contribution in [1.82, 2.24) is 9.62 Å². The first-order valence-electron chi connectivity index (χ1n) is 12.3. The highest BCUT2D eigenvalue weighted by Crippen LogP contribution is 2.46. The SMILES string of the molecule is Cc1ccccc1S(=O)(=O)N1[C@@H](c2ccc(Cl)cc2)C(C(=O)N[C@@H](CC(C)C)C(N)=O)=C[C@H]1C(C)(C)C. The van der Waals surface area contributed by atoms with Crippen LogP contribution in [0.2, 0.25) is 5.02 Å². The van der Waals surface area contributed by atoms with Gasteiger partial charge in [-0.3, -0.25) is 9.59 Å². The molecule has 0 bridgehead atoms. The van der Waals surface area contributed by atoms with Gasteiger partial charge in [0.15, 0.2) is 0 Å². The Morgan fingerprint density at radius 2 is 1.68 bits per heavy atom. The van der Waals surface area contributed by atoms with Gasteiger partial charge in [-0.1, -0.05) is 82.6 Å². The molecule has 0 aromatic heterocycles. The molecule has 3 N–H and O–H groups in total. The molecule has 1 aliphatic heterocycles. The number of aryl methyl sites for hydroxylation is 1. The standard InChI is InChI=1S/C28H36ClN3O4S/c1-17(2)15-22(26(30)33)31-27(34)21-16-24(28(4,5)6)32(25(21)19-11-13-20(29)14-12-19)37(35,36)23-10-8-7-9-18(23)3/h7-14,16-17,22,24-25H,15H2,1-6H3,(H2,30,33)(H,31,34)/t22-,24-,25-/m0/s1. The van der Waals surface area contributed by atoms with Crippen LogP contribution in [0.15, 0.2) is 65.1 Å². The minimum Gasteiger partial charge on any atom is -0.368 e. The number of hydrogen-bond acceptors (Lipinski definition) is 4. The van der Waals surface area contributed by atoms with Crippen LogP contribution in [0.25, 0.3) is 0 Å². The van der Waals surface area contributed by atoms with Gasteiger partial charge in [-0.05, 0) is 54.0 Å². The number of halogens is 1. The van der Waals surface area contributed by atoms with Crippen LogP contribution in [0.5, 0.6) is 0 Å². The maximum Gasteiger partial charge on any atom is 0.249 e. The third-order valence-electron chi connectivity index (χ3n) is 6.50. The molecule has 7 nitrogen and oxygen atoms in total. The summed E-state index contributed by atoms with van der Waals surface area (Å²) in [6.45, 7) is 11.4. The molecule has 0 radical (unpaired) electrons. The van der Waals surface area contributed by atoms with Crippen LogP contribution < -0.4 is 11.1 Å². The van der Waals surface area contributed by atoms with Crippen LogP contribution in [0, 0.1) is 18.3 Å². The number of carbonyl (C=O) groups excluding carboxylic acids is 2. The number of hydrogen-bond donors (Lipinski definition) is 2. The molecule has 2 amide bonds. The van der Waals surface area contributed by atoms with Crippen LogP contribution >= 0.6 is 11.6 Å². The topological polar surface area (TPSA) is 110 Å². The first-order chi connectivity index (χ1) is 17.1. The molecule has 0 spiro atoms. The van der Waals surface area contributed by atoms with E-state index in [2.05, 4.69) is 5.32 Å². The van der Waals surface area contributed by atoms with E-state index in [-0.39, 0.29) is 16.4 Å². The average Bonchev–Trinajstić information content (AvgIpc) is 3.21. The minimum absolute atomic E-state index is 0.114. The summed E-state index contributed by atoms with van der Waals surface area (Å²) in [7, 11) is -4.06. The summed E-state index contributed by atoms with van der Waals surface area (Å²) in [6, 6.07) is 11.1. The van der Waals surface area contributed by atoms with E-state index < -0.39 is 45.4 Å². The van der Waals surface area contributed by atoms with E-state index in [9.17, 15) is 18.0 Å². The van der Waals surface area contributed by atoms with Gasteiger partial charge in [-0.2, -0.15) is 4.31 Å². The van der Waals surface area contributed by atoms with Crippen LogP contribution in [0.4, 0.5) is 0 Å². The van der Waals surface area contributed by atoms with Crippen LogP contribution in [-0.2, 0) is 19.6 Å². The number of amides is 2. The number of primary amides is 1. The first-order valence-corrected chi connectivity index (χ1v) is 14.1. The summed E-state index contributed by atoms with van der Waals surface area (Å²) in [6.07, 6.45) is 2.08. The maximum atomic E-state index is 14.3. The zero-order chi connectivity index (χ0) is 27.7. The fourth-order valence-corrected chi connectivity index (χ4v) is 6.91. The number of benzene rings is 2. The van der Waals surface area contributed by atoms with Gasteiger partial charge in [0.05, 0.1) is 10.9 Å². The second-order valence-corrected chi connectivity index (χ2v) is 13.3. The molecule has 2 aromatic rings. The molecule has 2 aromatic carbocycles. The molecular formula is C28H36ClN3O4S. The largest absolute Gasteiger partial charge is 0.368 e. The van der Waals surface area contributed by atoms with Crippen molar-refractivity contribution in [2.24, 2.45) is 17.1 Å². The predicted octanol–water partition coefficient (Wildman–Crippen LogP) is 4.75. The lowest BCUT2D eigenvalue weighted by Gasteiger charge is -2.37. The minimum atomic E-state index is -4.06. The molecule has 1 heterocycles. The molecule has 9 heteroatoms. The van der Waals surface area contributed by atoms with Gasteiger partial charge in [0.25, 0.3) is 0 Å². The van der Waals surface area contributed by atoms with Gasteiger partial charge in [0.2, 0.25) is 21.8 Å². The van der Waals surface area contributed by atoms with E-state index in [1.54, 1.807) is 61.5 Å². The third kappa shape index (κ3) is 6.25. The number of nitrogens with zero attached hydrogens (tertiary/aromatic N) is 1. The van der Waals surface area contributed by atoms with Crippen molar-refractivity contribution >= 4 is 33.4 Å². The molecule has 3 atom stereocenters. The van der Waals surface area contributed by atoms with E-state index in [1.807, 2.05) is 34.6 Å². The summed E-state index contributed by atoms with van der Waals surface area (Å²) in [5.74, 6) is -1.05. The predicted molar refractivity (Wildman–Crippen MR) is 146 cm³/mol. The van der Waals surface area contributed by atoms with Gasteiger partial charge in [0.1, 0.15) is 6.04 Å². The molecule has 0 aliphatic carbocycles. The van der Waals surface area contributed by atoms with Gasteiger partial charge in [0, 0.05) is 16.6 Å². The van der Waals surface area contributed by atoms with Crippen molar-refractivity contribution in [3.05, 3.63) is 76.3 Å². The van der Waals surface area contributed by atoms with Crippen molar-refractivity contribution in [3.8, 4) is 0 Å². The maximum absolute atomic E-state index is 14.3. The Labute approximate surface area is 225 Å². The number of nitrogens with one attached hydrogen (secondary N) is 1. The lowest BCUT2D eigenvalue weighted by molar-refractivity contribution is -0.126. The number of rotatable bonds is 8. The second-order valence-electron chi connectivity index (χ2n) is 11.0. The molecule has 37 heavy (non-hydrogen) atoms. The lowest BCUT2D eigenvalue weighted by atomic mass is 9.87. The zero-order valence-electron chi connectivity index (χ0n) is 22.2. The molecule has 1 aliphatic rings. The average molecular weight is 546 g/mol. The molecule has 0 saturated heterocycles. The van der Waals surface area contributed by atoms with Gasteiger partial charge in [-0.15, -0.1) is 0 Å². The normalized spacial score (nSPS) is 19.5. The Balaban J connectivity index is 2.20. The van der Waals surface area contributed by atoms with Crippen LogP contribution in [-0.4, -0.2) is 36.6 Å². The van der Waals surface area contributed by atoms with Gasteiger partial charge < -0.3 is 11.1 Å². The van der Waals surface area contributed by atoms with Gasteiger partial charge >= 0.3 is 0 Å². The highest BCUT2D eigenvalue weighted by atomic mass is 35.5. The van der Waals surface area contributed by atoms with E-state index in [0.29, 0.717) is 22.6 Å². The molecule has 3 rings (SSSR count). The smallest absolute Gasteiger partial charge is 0.249 e. The van der Waals surface area contributed by atoms with E-state index >= 15 is 0 Å². The van der Waals surface area contributed by atoms with Crippen molar-refractivity contribution in [3.63, 3.8) is 0 Å². The second kappa shape index (κ2) is 11.0. The Bertz CT molecular complexity index is 1300. The van der Waals surface area contributed by atoms with Crippen LogP contribution in [0.3, 0.4) is 0 Å².